The number of amides is 1. The van der Waals surface area contributed by atoms with Crippen LogP contribution in [0.2, 0.25) is 0 Å². The van der Waals surface area contributed by atoms with Gasteiger partial charge in [-0.25, -0.2) is 0 Å². The lowest BCUT2D eigenvalue weighted by Crippen LogP contribution is -2.40. The summed E-state index contributed by atoms with van der Waals surface area (Å²) in [4.78, 5) is 28.6. The Hall–Kier alpha value is -2.67. The van der Waals surface area contributed by atoms with Gasteiger partial charge in [0.05, 0.1) is 16.1 Å². The first-order chi connectivity index (χ1) is 12.8. The van der Waals surface area contributed by atoms with Crippen LogP contribution in [0.3, 0.4) is 0 Å². The molecule has 0 spiro atoms. The summed E-state index contributed by atoms with van der Waals surface area (Å²) in [7, 11) is 0. The number of carbonyl (C=O) groups is 1. The van der Waals surface area contributed by atoms with E-state index in [1.165, 1.54) is 6.07 Å². The van der Waals surface area contributed by atoms with Crippen LogP contribution in [-0.2, 0) is 0 Å². The standard InChI is InChI=1S/C20H25N3O4/c1-20(2,25)13-14-8-11-22(12-9-14)19(24)18-16(7-10-21-18)15-5-3-4-6-17(15)23(26)27/h3-7,10,14,21,25H,8-9,11-13H2,1-2H3. The fourth-order valence-electron chi connectivity index (χ4n) is 3.84. The topological polar surface area (TPSA) is 99.5 Å². The minimum atomic E-state index is -0.699. The van der Waals surface area contributed by atoms with Crippen molar-refractivity contribution in [3.05, 3.63) is 52.3 Å². The number of rotatable bonds is 5. The maximum atomic E-state index is 13.0. The third-order valence-electron chi connectivity index (χ3n) is 5.04. The number of piperidine rings is 1. The van der Waals surface area contributed by atoms with Crippen LogP contribution in [0.1, 0.15) is 43.6 Å². The van der Waals surface area contributed by atoms with E-state index in [1.54, 1.807) is 35.4 Å². The second kappa shape index (κ2) is 7.52. The first-order valence-corrected chi connectivity index (χ1v) is 9.19. The molecule has 2 heterocycles. The highest BCUT2D eigenvalue weighted by Gasteiger charge is 2.29. The van der Waals surface area contributed by atoms with Crippen molar-refractivity contribution in [1.82, 2.24) is 9.88 Å². The highest BCUT2D eigenvalue weighted by Crippen LogP contribution is 2.33. The molecular formula is C20H25N3O4. The van der Waals surface area contributed by atoms with E-state index in [0.717, 1.165) is 19.3 Å². The lowest BCUT2D eigenvalue weighted by atomic mass is 9.86. The molecule has 7 nitrogen and oxygen atoms in total. The Labute approximate surface area is 158 Å². The summed E-state index contributed by atoms with van der Waals surface area (Å²) in [6, 6.07) is 8.15. The maximum Gasteiger partial charge on any atom is 0.277 e. The first-order valence-electron chi connectivity index (χ1n) is 9.19. The van der Waals surface area contributed by atoms with E-state index in [-0.39, 0.29) is 11.6 Å². The Kier molecular flexibility index (Phi) is 5.32. The van der Waals surface area contributed by atoms with Crippen LogP contribution in [0.4, 0.5) is 5.69 Å². The van der Waals surface area contributed by atoms with E-state index in [2.05, 4.69) is 4.98 Å². The quantitative estimate of drug-likeness (QED) is 0.619. The Bertz CT molecular complexity index is 830. The summed E-state index contributed by atoms with van der Waals surface area (Å²) in [6.45, 7) is 4.86. The molecule has 1 aliphatic heterocycles. The maximum absolute atomic E-state index is 13.0. The van der Waals surface area contributed by atoms with Gasteiger partial charge in [-0.3, -0.25) is 14.9 Å². The number of aliphatic hydroxyl groups is 1. The van der Waals surface area contributed by atoms with Crippen LogP contribution < -0.4 is 0 Å². The molecule has 2 aromatic rings. The minimum Gasteiger partial charge on any atom is -0.390 e. The van der Waals surface area contributed by atoms with Crippen LogP contribution in [0.25, 0.3) is 11.1 Å². The smallest absolute Gasteiger partial charge is 0.277 e. The fourth-order valence-corrected chi connectivity index (χ4v) is 3.84. The van der Waals surface area contributed by atoms with Crippen LogP contribution in [0, 0.1) is 16.0 Å². The molecule has 144 valence electrons. The molecule has 0 radical (unpaired) electrons. The number of aromatic nitrogens is 1. The van der Waals surface area contributed by atoms with Crippen molar-refractivity contribution in [2.75, 3.05) is 13.1 Å². The average molecular weight is 371 g/mol. The normalized spacial score (nSPS) is 15.7. The minimum absolute atomic E-state index is 0.0185. The number of nitro benzene ring substituents is 1. The lowest BCUT2D eigenvalue weighted by Gasteiger charge is -2.34. The number of likely N-dealkylation sites (tertiary alicyclic amines) is 1. The molecule has 0 saturated carbocycles. The molecule has 2 N–H and O–H groups in total. The van der Waals surface area contributed by atoms with Gasteiger partial charge in [0.2, 0.25) is 0 Å². The summed E-state index contributed by atoms with van der Waals surface area (Å²) < 4.78 is 0. The number of para-hydroxylation sites is 1. The number of hydrogen-bond donors (Lipinski definition) is 2. The SMILES string of the molecule is CC(C)(O)CC1CCN(C(=O)c2[nH]ccc2-c2ccccc2[N+](=O)[O-])CC1. The third kappa shape index (κ3) is 4.36. The largest absolute Gasteiger partial charge is 0.390 e. The van der Waals surface area contributed by atoms with Gasteiger partial charge in [-0.2, -0.15) is 0 Å². The van der Waals surface area contributed by atoms with Crippen molar-refractivity contribution >= 4 is 11.6 Å². The van der Waals surface area contributed by atoms with E-state index in [1.807, 2.05) is 13.8 Å². The molecular weight excluding hydrogens is 346 g/mol. The molecule has 0 aliphatic carbocycles. The van der Waals surface area contributed by atoms with Crippen molar-refractivity contribution in [1.29, 1.82) is 0 Å². The van der Waals surface area contributed by atoms with Gasteiger partial charge in [-0.1, -0.05) is 12.1 Å². The molecule has 0 bridgehead atoms. The molecule has 1 aromatic carbocycles. The van der Waals surface area contributed by atoms with E-state index in [9.17, 15) is 20.0 Å². The van der Waals surface area contributed by atoms with Crippen molar-refractivity contribution in [3.63, 3.8) is 0 Å². The van der Waals surface area contributed by atoms with E-state index >= 15 is 0 Å². The van der Waals surface area contributed by atoms with Crippen molar-refractivity contribution in [2.45, 2.75) is 38.7 Å². The highest BCUT2D eigenvalue weighted by molar-refractivity contribution is 6.00. The van der Waals surface area contributed by atoms with Crippen LogP contribution >= 0.6 is 0 Å². The number of nitrogens with zero attached hydrogens (tertiary/aromatic N) is 2. The van der Waals surface area contributed by atoms with Gasteiger partial charge in [-0.05, 0) is 51.2 Å². The van der Waals surface area contributed by atoms with Gasteiger partial charge in [0.25, 0.3) is 11.6 Å². The number of carbonyl (C=O) groups excluding carboxylic acids is 1. The number of hydrogen-bond acceptors (Lipinski definition) is 4. The predicted octanol–water partition coefficient (Wildman–Crippen LogP) is 3.60. The van der Waals surface area contributed by atoms with Gasteiger partial charge in [0.15, 0.2) is 0 Å². The Morgan fingerprint density at radius 1 is 1.26 bits per heavy atom. The van der Waals surface area contributed by atoms with Crippen molar-refractivity contribution in [2.24, 2.45) is 5.92 Å². The molecule has 0 unspecified atom stereocenters. The second-order valence-electron chi connectivity index (χ2n) is 7.79. The molecule has 1 aliphatic rings. The number of nitro groups is 1. The predicted molar refractivity (Wildman–Crippen MR) is 102 cm³/mol. The molecule has 3 rings (SSSR count). The van der Waals surface area contributed by atoms with Crippen LogP contribution in [0.15, 0.2) is 36.5 Å². The van der Waals surface area contributed by atoms with Gasteiger partial charge in [-0.15, -0.1) is 0 Å². The number of nitrogens with one attached hydrogen (secondary N) is 1. The molecule has 27 heavy (non-hydrogen) atoms. The zero-order valence-electron chi connectivity index (χ0n) is 15.6. The van der Waals surface area contributed by atoms with Gasteiger partial charge in [0, 0.05) is 30.9 Å². The Morgan fingerprint density at radius 2 is 1.93 bits per heavy atom. The summed E-state index contributed by atoms with van der Waals surface area (Å²) in [5.41, 5.74) is 0.644. The van der Waals surface area contributed by atoms with Crippen LogP contribution in [0.5, 0.6) is 0 Å². The molecule has 1 aromatic heterocycles. The summed E-state index contributed by atoms with van der Waals surface area (Å²) in [5, 5.41) is 21.3. The summed E-state index contributed by atoms with van der Waals surface area (Å²) >= 11 is 0. The third-order valence-corrected chi connectivity index (χ3v) is 5.04. The Morgan fingerprint density at radius 3 is 2.56 bits per heavy atom. The lowest BCUT2D eigenvalue weighted by molar-refractivity contribution is -0.384. The zero-order chi connectivity index (χ0) is 19.6. The van der Waals surface area contributed by atoms with Crippen molar-refractivity contribution in [3.8, 4) is 11.1 Å². The van der Waals surface area contributed by atoms with Crippen LogP contribution in [-0.4, -0.2) is 44.5 Å². The molecule has 1 amide bonds. The van der Waals surface area contributed by atoms with Gasteiger partial charge < -0.3 is 15.0 Å². The molecule has 1 fully saturated rings. The van der Waals surface area contributed by atoms with Gasteiger partial charge in [0.1, 0.15) is 5.69 Å². The summed E-state index contributed by atoms with van der Waals surface area (Å²) in [6.07, 6.45) is 4.05. The number of benzene rings is 1. The number of H-pyrrole nitrogens is 1. The second-order valence-corrected chi connectivity index (χ2v) is 7.79. The van der Waals surface area contributed by atoms with E-state index < -0.39 is 10.5 Å². The fraction of sp³-hybridized carbons (Fsp3) is 0.450. The van der Waals surface area contributed by atoms with Gasteiger partial charge >= 0.3 is 0 Å². The van der Waals surface area contributed by atoms with Crippen molar-refractivity contribution < 1.29 is 14.8 Å². The first kappa shape index (κ1) is 19.1. The zero-order valence-corrected chi connectivity index (χ0v) is 15.6. The Balaban J connectivity index is 1.77. The van der Waals surface area contributed by atoms with E-state index in [4.69, 9.17) is 0 Å². The average Bonchev–Trinajstić information content (AvgIpc) is 3.10. The highest BCUT2D eigenvalue weighted by atomic mass is 16.6. The molecule has 7 heteroatoms. The monoisotopic (exact) mass is 371 g/mol. The summed E-state index contributed by atoms with van der Waals surface area (Å²) in [5.74, 6) is 0.252. The number of aromatic amines is 1. The molecule has 0 atom stereocenters. The van der Waals surface area contributed by atoms with E-state index in [0.29, 0.717) is 35.8 Å². The molecule has 1 saturated heterocycles.